The van der Waals surface area contributed by atoms with E-state index in [-0.39, 0.29) is 12.0 Å². The lowest BCUT2D eigenvalue weighted by atomic mass is 10.2. The predicted octanol–water partition coefficient (Wildman–Crippen LogP) is 2.13. The Balaban J connectivity index is 1.36. The topological polar surface area (TPSA) is 93.8 Å². The van der Waals surface area contributed by atoms with Gasteiger partial charge in [-0.2, -0.15) is 4.98 Å². The van der Waals surface area contributed by atoms with Crippen LogP contribution in [0.1, 0.15) is 37.9 Å². The molecule has 8 nitrogen and oxygen atoms in total. The van der Waals surface area contributed by atoms with E-state index in [0.717, 1.165) is 42.7 Å². The maximum atomic E-state index is 5.93. The van der Waals surface area contributed by atoms with Gasteiger partial charge in [-0.15, -0.1) is 0 Å². The SMILES string of the molecule is CN=C(NCCCc1nc(C(C)C)no1)NCC1COc2ccccc2O1. The Hall–Kier alpha value is -2.77. The van der Waals surface area contributed by atoms with Gasteiger partial charge >= 0.3 is 0 Å². The first-order valence-electron chi connectivity index (χ1n) is 9.31. The average Bonchev–Trinajstić information content (AvgIpc) is 3.16. The molecule has 1 unspecified atom stereocenters. The van der Waals surface area contributed by atoms with Gasteiger partial charge in [-0.1, -0.05) is 31.1 Å². The van der Waals surface area contributed by atoms with Crippen LogP contribution in [0.15, 0.2) is 33.8 Å². The summed E-state index contributed by atoms with van der Waals surface area (Å²) in [6.07, 6.45) is 1.54. The molecule has 146 valence electrons. The van der Waals surface area contributed by atoms with Crippen LogP contribution in [0.3, 0.4) is 0 Å². The van der Waals surface area contributed by atoms with E-state index in [1.165, 1.54) is 0 Å². The van der Waals surface area contributed by atoms with Crippen molar-refractivity contribution in [2.45, 2.75) is 38.7 Å². The molecule has 0 aliphatic carbocycles. The van der Waals surface area contributed by atoms with E-state index in [4.69, 9.17) is 14.0 Å². The molecule has 1 aliphatic rings. The third-order valence-corrected chi connectivity index (χ3v) is 4.15. The minimum atomic E-state index is -0.0636. The molecular formula is C19H27N5O3. The molecular weight excluding hydrogens is 346 g/mol. The van der Waals surface area contributed by atoms with Gasteiger partial charge in [0.15, 0.2) is 23.3 Å². The van der Waals surface area contributed by atoms with Crippen LogP contribution in [0.5, 0.6) is 11.5 Å². The predicted molar refractivity (Wildman–Crippen MR) is 102 cm³/mol. The second-order valence-corrected chi connectivity index (χ2v) is 6.68. The van der Waals surface area contributed by atoms with Crippen LogP contribution in [-0.4, -0.2) is 48.9 Å². The van der Waals surface area contributed by atoms with Crippen molar-refractivity contribution < 1.29 is 14.0 Å². The first-order chi connectivity index (χ1) is 13.2. The van der Waals surface area contributed by atoms with Crippen molar-refractivity contribution in [1.29, 1.82) is 0 Å². The molecule has 0 saturated heterocycles. The molecule has 2 N–H and O–H groups in total. The Morgan fingerprint density at radius 3 is 2.81 bits per heavy atom. The summed E-state index contributed by atoms with van der Waals surface area (Å²) in [5.74, 6) is 4.01. The van der Waals surface area contributed by atoms with Crippen LogP contribution in [0.2, 0.25) is 0 Å². The van der Waals surface area contributed by atoms with Gasteiger partial charge in [-0.05, 0) is 18.6 Å². The number of guanidine groups is 1. The van der Waals surface area contributed by atoms with Gasteiger partial charge in [0.25, 0.3) is 0 Å². The molecule has 1 aromatic heterocycles. The quantitative estimate of drug-likeness (QED) is 0.436. The fraction of sp³-hybridized carbons (Fsp3) is 0.526. The summed E-state index contributed by atoms with van der Waals surface area (Å²) in [6, 6.07) is 7.69. The van der Waals surface area contributed by atoms with Crippen molar-refractivity contribution in [2.75, 3.05) is 26.7 Å². The van der Waals surface area contributed by atoms with Gasteiger partial charge in [0.1, 0.15) is 12.7 Å². The highest BCUT2D eigenvalue weighted by Crippen LogP contribution is 2.30. The van der Waals surface area contributed by atoms with Gasteiger partial charge < -0.3 is 24.6 Å². The van der Waals surface area contributed by atoms with Crippen LogP contribution in [0.25, 0.3) is 0 Å². The zero-order valence-corrected chi connectivity index (χ0v) is 16.1. The molecule has 0 saturated carbocycles. The minimum Gasteiger partial charge on any atom is -0.486 e. The second-order valence-electron chi connectivity index (χ2n) is 6.68. The van der Waals surface area contributed by atoms with Crippen molar-refractivity contribution in [2.24, 2.45) is 4.99 Å². The highest BCUT2D eigenvalue weighted by molar-refractivity contribution is 5.79. The molecule has 0 spiro atoms. The number of benzene rings is 1. The van der Waals surface area contributed by atoms with Gasteiger partial charge in [-0.3, -0.25) is 4.99 Å². The summed E-state index contributed by atoms with van der Waals surface area (Å²) in [5, 5.41) is 10.5. The summed E-state index contributed by atoms with van der Waals surface area (Å²) < 4.78 is 16.9. The second kappa shape index (κ2) is 9.25. The van der Waals surface area contributed by atoms with Gasteiger partial charge in [0, 0.05) is 25.9 Å². The third kappa shape index (κ3) is 5.35. The first kappa shape index (κ1) is 19.0. The van der Waals surface area contributed by atoms with Crippen molar-refractivity contribution >= 4 is 5.96 Å². The maximum absolute atomic E-state index is 5.93. The summed E-state index contributed by atoms with van der Waals surface area (Å²) >= 11 is 0. The fourth-order valence-electron chi connectivity index (χ4n) is 2.65. The van der Waals surface area contributed by atoms with Gasteiger partial charge in [-0.25, -0.2) is 0 Å². The lowest BCUT2D eigenvalue weighted by Gasteiger charge is -2.27. The van der Waals surface area contributed by atoms with E-state index in [1.807, 2.05) is 38.1 Å². The summed E-state index contributed by atoms with van der Waals surface area (Å²) in [7, 11) is 1.75. The van der Waals surface area contributed by atoms with Crippen molar-refractivity contribution in [3.05, 3.63) is 36.0 Å². The molecule has 0 bridgehead atoms. The fourth-order valence-corrected chi connectivity index (χ4v) is 2.65. The normalized spacial score (nSPS) is 16.4. The number of aliphatic imine (C=N–C) groups is 1. The Morgan fingerprint density at radius 2 is 2.07 bits per heavy atom. The average molecular weight is 373 g/mol. The number of hydrogen-bond donors (Lipinski definition) is 2. The maximum Gasteiger partial charge on any atom is 0.226 e. The van der Waals surface area contributed by atoms with Crippen molar-refractivity contribution in [3.8, 4) is 11.5 Å². The Labute approximate surface area is 159 Å². The van der Waals surface area contributed by atoms with E-state index in [0.29, 0.717) is 19.0 Å². The molecule has 0 amide bonds. The molecule has 1 aromatic carbocycles. The van der Waals surface area contributed by atoms with Crippen molar-refractivity contribution in [3.63, 3.8) is 0 Å². The number of para-hydroxylation sites is 2. The van der Waals surface area contributed by atoms with E-state index < -0.39 is 0 Å². The smallest absolute Gasteiger partial charge is 0.226 e. The molecule has 2 aromatic rings. The number of nitrogens with zero attached hydrogens (tertiary/aromatic N) is 3. The minimum absolute atomic E-state index is 0.0636. The number of aryl methyl sites for hydroxylation is 1. The zero-order valence-electron chi connectivity index (χ0n) is 16.1. The summed E-state index contributed by atoms with van der Waals surface area (Å²) in [4.78, 5) is 8.62. The van der Waals surface area contributed by atoms with E-state index >= 15 is 0 Å². The van der Waals surface area contributed by atoms with Crippen LogP contribution in [-0.2, 0) is 6.42 Å². The molecule has 1 atom stereocenters. The Kier molecular flexibility index (Phi) is 6.51. The molecule has 1 aliphatic heterocycles. The molecule has 27 heavy (non-hydrogen) atoms. The lowest BCUT2D eigenvalue weighted by Crippen LogP contribution is -2.45. The highest BCUT2D eigenvalue weighted by atomic mass is 16.6. The molecule has 0 radical (unpaired) electrons. The van der Waals surface area contributed by atoms with Crippen molar-refractivity contribution in [1.82, 2.24) is 20.8 Å². The molecule has 2 heterocycles. The molecule has 0 fully saturated rings. The number of aromatic nitrogens is 2. The first-order valence-corrected chi connectivity index (χ1v) is 9.31. The van der Waals surface area contributed by atoms with E-state index in [1.54, 1.807) is 7.05 Å². The highest BCUT2D eigenvalue weighted by Gasteiger charge is 2.20. The van der Waals surface area contributed by atoms with Gasteiger partial charge in [0.05, 0.1) is 6.54 Å². The van der Waals surface area contributed by atoms with Crippen LogP contribution in [0, 0.1) is 0 Å². The standard InChI is InChI=1S/C19H27N5O3/c1-13(2)18-23-17(27-24-18)9-6-10-21-19(20-3)22-11-14-12-25-15-7-4-5-8-16(15)26-14/h4-5,7-8,13-14H,6,9-12H2,1-3H3,(H2,20,21,22). The Bertz CT molecular complexity index is 759. The number of nitrogens with one attached hydrogen (secondary N) is 2. The summed E-state index contributed by atoms with van der Waals surface area (Å²) in [5.41, 5.74) is 0. The number of rotatable bonds is 7. The summed E-state index contributed by atoms with van der Waals surface area (Å²) in [6.45, 7) is 5.97. The van der Waals surface area contributed by atoms with Gasteiger partial charge in [0.2, 0.25) is 5.89 Å². The number of ether oxygens (including phenoxy) is 2. The third-order valence-electron chi connectivity index (χ3n) is 4.15. The van der Waals surface area contributed by atoms with Crippen LogP contribution in [0.4, 0.5) is 0 Å². The number of fused-ring (bicyclic) bond motifs is 1. The van der Waals surface area contributed by atoms with E-state index in [2.05, 4.69) is 25.8 Å². The lowest BCUT2D eigenvalue weighted by molar-refractivity contribution is 0.0936. The van der Waals surface area contributed by atoms with Crippen LogP contribution < -0.4 is 20.1 Å². The number of hydrogen-bond acceptors (Lipinski definition) is 6. The molecule has 3 rings (SSSR count). The zero-order chi connectivity index (χ0) is 19.1. The Morgan fingerprint density at radius 1 is 1.26 bits per heavy atom. The molecule has 8 heteroatoms. The largest absolute Gasteiger partial charge is 0.486 e. The van der Waals surface area contributed by atoms with E-state index in [9.17, 15) is 0 Å². The monoisotopic (exact) mass is 373 g/mol. The van der Waals surface area contributed by atoms with Crippen LogP contribution >= 0.6 is 0 Å².